The quantitative estimate of drug-likeness (QED) is 0.453. The Bertz CT molecular complexity index is 1020. The number of carbonyl (C=O) groups excluding carboxylic acids is 2. The Morgan fingerprint density at radius 2 is 1.47 bits per heavy atom. The van der Waals surface area contributed by atoms with Crippen molar-refractivity contribution in [3.05, 3.63) is 53.6 Å². The molecule has 0 saturated heterocycles. The zero-order valence-corrected chi connectivity index (χ0v) is 19.0. The number of hydrogen-bond acceptors (Lipinski definition) is 7. The molecule has 32 heavy (non-hydrogen) atoms. The van der Waals surface area contributed by atoms with E-state index in [4.69, 9.17) is 23.7 Å². The molecule has 0 spiro atoms. The van der Waals surface area contributed by atoms with E-state index in [1.54, 1.807) is 53.6 Å². The van der Waals surface area contributed by atoms with E-state index < -0.39 is 17.8 Å². The van der Waals surface area contributed by atoms with Crippen LogP contribution in [0.1, 0.15) is 30.4 Å². The minimum atomic E-state index is -0.933. The first-order valence-corrected chi connectivity index (χ1v) is 10.3. The summed E-state index contributed by atoms with van der Waals surface area (Å²) < 4.78 is 26.7. The zero-order valence-electron chi connectivity index (χ0n) is 19.0. The molecule has 1 aliphatic rings. The number of ketones is 1. The van der Waals surface area contributed by atoms with Crippen LogP contribution in [0.3, 0.4) is 0 Å². The number of esters is 1. The highest BCUT2D eigenvalue weighted by atomic mass is 16.5. The van der Waals surface area contributed by atoms with E-state index in [0.717, 1.165) is 16.7 Å². The van der Waals surface area contributed by atoms with Gasteiger partial charge >= 0.3 is 5.97 Å². The molecule has 2 atom stereocenters. The Morgan fingerprint density at radius 3 is 2.06 bits per heavy atom. The molecule has 7 nitrogen and oxygen atoms in total. The first kappa shape index (κ1) is 23.2. The molecule has 0 bridgehead atoms. The van der Waals surface area contributed by atoms with Gasteiger partial charge in [0.25, 0.3) is 0 Å². The summed E-state index contributed by atoms with van der Waals surface area (Å²) >= 11 is 0. The van der Waals surface area contributed by atoms with Crippen molar-refractivity contribution in [1.82, 2.24) is 0 Å². The van der Waals surface area contributed by atoms with E-state index in [1.807, 2.05) is 18.2 Å². The Kier molecular flexibility index (Phi) is 7.41. The second-order valence-electron chi connectivity index (χ2n) is 7.30. The molecule has 3 rings (SSSR count). The zero-order chi connectivity index (χ0) is 23.3. The van der Waals surface area contributed by atoms with Gasteiger partial charge in [-0.15, -0.1) is 0 Å². The molecule has 2 aromatic rings. The van der Waals surface area contributed by atoms with E-state index in [0.29, 0.717) is 29.4 Å². The maximum absolute atomic E-state index is 13.1. The molecule has 0 radical (unpaired) electrons. The summed E-state index contributed by atoms with van der Waals surface area (Å²) in [6.07, 6.45) is 1.99. The van der Waals surface area contributed by atoms with Gasteiger partial charge in [0.05, 0.1) is 35.0 Å². The monoisotopic (exact) mass is 440 g/mol. The van der Waals surface area contributed by atoms with Crippen LogP contribution in [0.5, 0.6) is 23.0 Å². The number of methoxy groups -OCH3 is 4. The maximum Gasteiger partial charge on any atom is 0.317 e. The summed E-state index contributed by atoms with van der Waals surface area (Å²) in [5.41, 5.74) is 2.42. The van der Waals surface area contributed by atoms with Gasteiger partial charge in [-0.2, -0.15) is 0 Å². The van der Waals surface area contributed by atoms with Gasteiger partial charge in [0.2, 0.25) is 0 Å². The van der Waals surface area contributed by atoms with Crippen LogP contribution in [0.4, 0.5) is 0 Å². The van der Waals surface area contributed by atoms with Crippen LogP contribution < -0.4 is 18.9 Å². The maximum atomic E-state index is 13.1. The number of allylic oxidation sites excluding steroid dienone is 2. The second-order valence-corrected chi connectivity index (χ2v) is 7.30. The molecule has 1 aliphatic carbocycles. The van der Waals surface area contributed by atoms with Gasteiger partial charge in [-0.3, -0.25) is 9.59 Å². The number of benzene rings is 2. The Hall–Kier alpha value is -3.48. The van der Waals surface area contributed by atoms with Crippen molar-refractivity contribution in [2.24, 2.45) is 5.92 Å². The van der Waals surface area contributed by atoms with Gasteiger partial charge in [-0.1, -0.05) is 12.1 Å². The molecule has 0 fully saturated rings. The highest BCUT2D eigenvalue weighted by molar-refractivity contribution is 6.10. The number of ether oxygens (including phenoxy) is 5. The van der Waals surface area contributed by atoms with Crippen molar-refractivity contribution in [3.8, 4) is 23.0 Å². The molecule has 170 valence electrons. The smallest absolute Gasteiger partial charge is 0.317 e. The number of hydrogen-bond donors (Lipinski definition) is 0. The van der Waals surface area contributed by atoms with Gasteiger partial charge in [-0.25, -0.2) is 0 Å². The lowest BCUT2D eigenvalue weighted by Gasteiger charge is -2.30. The van der Waals surface area contributed by atoms with E-state index in [1.165, 1.54) is 6.08 Å². The highest BCUT2D eigenvalue weighted by Crippen LogP contribution is 2.43. The molecule has 0 aliphatic heterocycles. The standard InChI is InChI=1S/C25H28O7/c1-6-32-25(27)24-18(16-8-10-21(29-3)23(14-16)31-5)11-17(12-19(24)26)15-7-9-20(28-2)22(13-15)30-4/h7-10,12-14,18,24H,6,11H2,1-5H3/t18-,24-/m1/s1. The molecule has 7 heteroatoms. The van der Waals surface area contributed by atoms with E-state index in [-0.39, 0.29) is 12.4 Å². The third kappa shape index (κ3) is 4.56. The van der Waals surface area contributed by atoms with Crippen LogP contribution in [-0.4, -0.2) is 46.8 Å². The lowest BCUT2D eigenvalue weighted by molar-refractivity contribution is -0.151. The van der Waals surface area contributed by atoms with E-state index >= 15 is 0 Å². The largest absolute Gasteiger partial charge is 0.493 e. The molecule has 2 aromatic carbocycles. The van der Waals surface area contributed by atoms with Crippen LogP contribution in [-0.2, 0) is 14.3 Å². The third-order valence-electron chi connectivity index (χ3n) is 5.60. The fourth-order valence-corrected chi connectivity index (χ4v) is 4.02. The normalized spacial score (nSPS) is 17.9. The average molecular weight is 440 g/mol. The van der Waals surface area contributed by atoms with Crippen LogP contribution in [0.25, 0.3) is 5.57 Å². The fraction of sp³-hybridized carbons (Fsp3) is 0.360. The number of rotatable bonds is 8. The lowest BCUT2D eigenvalue weighted by atomic mass is 9.73. The van der Waals surface area contributed by atoms with Gasteiger partial charge in [-0.05, 0) is 60.4 Å². The molecular weight excluding hydrogens is 412 g/mol. The van der Waals surface area contributed by atoms with Crippen LogP contribution in [0, 0.1) is 5.92 Å². The van der Waals surface area contributed by atoms with Gasteiger partial charge < -0.3 is 23.7 Å². The summed E-state index contributed by atoms with van der Waals surface area (Å²) in [5, 5.41) is 0. The van der Waals surface area contributed by atoms with Crippen LogP contribution >= 0.6 is 0 Å². The molecule has 0 amide bonds. The Labute approximate surface area is 187 Å². The van der Waals surface area contributed by atoms with Gasteiger partial charge in [0.15, 0.2) is 28.8 Å². The molecule has 0 aromatic heterocycles. The lowest BCUT2D eigenvalue weighted by Crippen LogP contribution is -2.34. The minimum absolute atomic E-state index is 0.202. The first-order chi connectivity index (χ1) is 15.5. The third-order valence-corrected chi connectivity index (χ3v) is 5.60. The predicted molar refractivity (Wildman–Crippen MR) is 120 cm³/mol. The SMILES string of the molecule is CCOC(=O)[C@H]1C(=O)C=C(c2ccc(OC)c(OC)c2)C[C@@H]1c1ccc(OC)c(OC)c1. The van der Waals surface area contributed by atoms with Crippen molar-refractivity contribution < 1.29 is 33.3 Å². The predicted octanol–water partition coefficient (Wildman–Crippen LogP) is 4.04. The number of carbonyl (C=O) groups is 2. The van der Waals surface area contributed by atoms with Crippen LogP contribution in [0.2, 0.25) is 0 Å². The van der Waals surface area contributed by atoms with E-state index in [9.17, 15) is 9.59 Å². The van der Waals surface area contributed by atoms with Gasteiger partial charge in [0, 0.05) is 5.92 Å². The molecule has 0 heterocycles. The van der Waals surface area contributed by atoms with Crippen molar-refractivity contribution in [2.75, 3.05) is 35.0 Å². The van der Waals surface area contributed by atoms with Crippen molar-refractivity contribution in [1.29, 1.82) is 0 Å². The summed E-state index contributed by atoms with van der Waals surface area (Å²) in [4.78, 5) is 25.9. The molecule has 0 unspecified atom stereocenters. The molecular formula is C25H28O7. The van der Waals surface area contributed by atoms with Gasteiger partial charge in [0.1, 0.15) is 5.92 Å². The molecule has 0 saturated carbocycles. The molecule has 0 N–H and O–H groups in total. The summed E-state index contributed by atoms with van der Waals surface area (Å²) in [7, 11) is 6.23. The second kappa shape index (κ2) is 10.2. The Balaban J connectivity index is 2.07. The van der Waals surface area contributed by atoms with E-state index in [2.05, 4.69) is 0 Å². The highest BCUT2D eigenvalue weighted by Gasteiger charge is 2.40. The van der Waals surface area contributed by atoms with Crippen molar-refractivity contribution in [2.45, 2.75) is 19.3 Å². The van der Waals surface area contributed by atoms with Crippen molar-refractivity contribution in [3.63, 3.8) is 0 Å². The Morgan fingerprint density at radius 1 is 0.875 bits per heavy atom. The minimum Gasteiger partial charge on any atom is -0.493 e. The first-order valence-electron chi connectivity index (χ1n) is 10.3. The summed E-state index contributed by atoms with van der Waals surface area (Å²) in [6.45, 7) is 1.93. The topological polar surface area (TPSA) is 80.3 Å². The fourth-order valence-electron chi connectivity index (χ4n) is 4.02. The van der Waals surface area contributed by atoms with Crippen LogP contribution in [0.15, 0.2) is 42.5 Å². The summed E-state index contributed by atoms with van der Waals surface area (Å²) in [5.74, 6) is 0.0860. The average Bonchev–Trinajstić information content (AvgIpc) is 2.82. The summed E-state index contributed by atoms with van der Waals surface area (Å²) in [6, 6.07) is 10.9. The van der Waals surface area contributed by atoms with Crippen molar-refractivity contribution >= 4 is 17.3 Å².